The van der Waals surface area contributed by atoms with Crippen LogP contribution in [0.25, 0.3) is 6.08 Å². The lowest BCUT2D eigenvalue weighted by atomic mass is 10.1. The third-order valence-corrected chi connectivity index (χ3v) is 5.39. The number of methoxy groups -OCH3 is 1. The van der Waals surface area contributed by atoms with Gasteiger partial charge in [0.25, 0.3) is 11.8 Å². The van der Waals surface area contributed by atoms with Crippen LogP contribution < -0.4 is 19.5 Å². The minimum Gasteiger partial charge on any atom is -0.494 e. The van der Waals surface area contributed by atoms with Crippen LogP contribution in [0.4, 0.5) is 4.79 Å². The van der Waals surface area contributed by atoms with E-state index in [1.807, 2.05) is 13.8 Å². The normalized spacial score (nSPS) is 14.9. The fraction of sp³-hybridized carbons (Fsp3) is 0.292. The summed E-state index contributed by atoms with van der Waals surface area (Å²) in [6.45, 7) is 4.72. The van der Waals surface area contributed by atoms with Crippen LogP contribution in [-0.2, 0) is 16.1 Å². The van der Waals surface area contributed by atoms with Crippen LogP contribution in [0, 0.1) is 0 Å². The Kier molecular flexibility index (Phi) is 8.41. The maximum atomic E-state index is 13.1. The van der Waals surface area contributed by atoms with Gasteiger partial charge in [0.2, 0.25) is 0 Å². The molecule has 34 heavy (non-hydrogen) atoms. The number of hydrogen-bond acceptors (Lipinski definition) is 6. The highest BCUT2D eigenvalue weighted by atomic mass is 35.5. The molecule has 1 heterocycles. The SMILES string of the molecule is CCCOc1ccc(CN2C(=O)NC(=O)/C(=C\c3cc(Cl)c(OC)c(Cl)c3)C2=O)cc1OCC. The number of carbonyl (C=O) groups is 3. The zero-order chi connectivity index (χ0) is 24.8. The lowest BCUT2D eigenvalue weighted by molar-refractivity contribution is -0.130. The van der Waals surface area contributed by atoms with Crippen molar-refractivity contribution >= 4 is 47.1 Å². The van der Waals surface area contributed by atoms with E-state index in [1.165, 1.54) is 25.3 Å². The maximum Gasteiger partial charge on any atom is 0.331 e. The third kappa shape index (κ3) is 5.63. The Bertz CT molecular complexity index is 1130. The van der Waals surface area contributed by atoms with Crippen molar-refractivity contribution in [2.24, 2.45) is 0 Å². The van der Waals surface area contributed by atoms with Gasteiger partial charge in [-0.15, -0.1) is 0 Å². The monoisotopic (exact) mass is 506 g/mol. The molecule has 0 spiro atoms. The largest absolute Gasteiger partial charge is 0.494 e. The number of nitrogens with zero attached hydrogens (tertiary/aromatic N) is 1. The van der Waals surface area contributed by atoms with E-state index in [0.29, 0.717) is 35.8 Å². The number of amides is 4. The lowest BCUT2D eigenvalue weighted by Crippen LogP contribution is -2.53. The topological polar surface area (TPSA) is 94.2 Å². The summed E-state index contributed by atoms with van der Waals surface area (Å²) in [5.74, 6) is -0.203. The fourth-order valence-electron chi connectivity index (χ4n) is 3.30. The first kappa shape index (κ1) is 25.4. The Morgan fingerprint density at radius 3 is 2.32 bits per heavy atom. The van der Waals surface area contributed by atoms with Crippen molar-refractivity contribution < 1.29 is 28.6 Å². The molecule has 0 saturated carbocycles. The van der Waals surface area contributed by atoms with Crippen molar-refractivity contribution in [1.82, 2.24) is 10.2 Å². The standard InChI is InChI=1S/C24H24Cl2N2O6/c1-4-8-34-19-7-6-14(12-20(19)33-5-2)13-28-23(30)16(22(29)27-24(28)31)9-15-10-17(25)21(32-3)18(26)11-15/h6-7,9-12H,4-5,8,13H2,1-3H3,(H,27,29,31)/b16-9+. The Hall–Kier alpha value is -3.23. The summed E-state index contributed by atoms with van der Waals surface area (Å²) in [4.78, 5) is 38.9. The summed E-state index contributed by atoms with van der Waals surface area (Å²) in [5, 5.41) is 2.62. The minimum absolute atomic E-state index is 0.0758. The Balaban J connectivity index is 1.89. The number of hydrogen-bond donors (Lipinski definition) is 1. The number of benzene rings is 2. The minimum atomic E-state index is -0.817. The van der Waals surface area contributed by atoms with Crippen LogP contribution in [0.15, 0.2) is 35.9 Å². The van der Waals surface area contributed by atoms with Crippen LogP contribution in [0.2, 0.25) is 10.0 Å². The van der Waals surface area contributed by atoms with Crippen LogP contribution in [0.3, 0.4) is 0 Å². The summed E-state index contributed by atoms with van der Waals surface area (Å²) in [5.41, 5.74) is 0.796. The summed E-state index contributed by atoms with van der Waals surface area (Å²) in [7, 11) is 1.42. The molecule has 0 aromatic heterocycles. The molecule has 2 aromatic rings. The van der Waals surface area contributed by atoms with Crippen molar-refractivity contribution in [3.8, 4) is 17.2 Å². The van der Waals surface area contributed by atoms with Crippen molar-refractivity contribution in [2.45, 2.75) is 26.8 Å². The molecule has 8 nitrogen and oxygen atoms in total. The van der Waals surface area contributed by atoms with E-state index in [1.54, 1.807) is 18.2 Å². The number of carbonyl (C=O) groups excluding carboxylic acids is 3. The second-order valence-electron chi connectivity index (χ2n) is 7.29. The Morgan fingerprint density at radius 1 is 1.00 bits per heavy atom. The van der Waals surface area contributed by atoms with Gasteiger partial charge in [-0.05, 0) is 54.8 Å². The van der Waals surface area contributed by atoms with Gasteiger partial charge in [-0.2, -0.15) is 0 Å². The molecule has 0 radical (unpaired) electrons. The molecule has 180 valence electrons. The molecule has 0 atom stereocenters. The predicted molar refractivity (Wildman–Crippen MR) is 128 cm³/mol. The number of rotatable bonds is 9. The van der Waals surface area contributed by atoms with Gasteiger partial charge in [0, 0.05) is 0 Å². The van der Waals surface area contributed by atoms with E-state index in [0.717, 1.165) is 11.3 Å². The van der Waals surface area contributed by atoms with Crippen LogP contribution in [0.5, 0.6) is 17.2 Å². The molecule has 1 aliphatic rings. The number of barbiturate groups is 1. The zero-order valence-electron chi connectivity index (χ0n) is 18.9. The van der Waals surface area contributed by atoms with Gasteiger partial charge in [-0.1, -0.05) is 36.2 Å². The molecule has 1 fully saturated rings. The van der Waals surface area contributed by atoms with Gasteiger partial charge in [-0.25, -0.2) is 4.79 Å². The highest BCUT2D eigenvalue weighted by Gasteiger charge is 2.36. The number of imide groups is 2. The van der Waals surface area contributed by atoms with Gasteiger partial charge >= 0.3 is 6.03 Å². The molecule has 2 aromatic carbocycles. The highest BCUT2D eigenvalue weighted by molar-refractivity contribution is 6.37. The smallest absolute Gasteiger partial charge is 0.331 e. The molecule has 0 aliphatic carbocycles. The summed E-state index contributed by atoms with van der Waals surface area (Å²) >= 11 is 12.3. The average Bonchev–Trinajstić information content (AvgIpc) is 2.79. The number of nitrogens with one attached hydrogen (secondary N) is 1. The molecule has 10 heteroatoms. The first-order valence-electron chi connectivity index (χ1n) is 10.6. The fourth-order valence-corrected chi connectivity index (χ4v) is 3.95. The third-order valence-electron chi connectivity index (χ3n) is 4.83. The molecule has 1 aliphatic heterocycles. The van der Waals surface area contributed by atoms with Crippen LogP contribution >= 0.6 is 23.2 Å². The first-order valence-corrected chi connectivity index (χ1v) is 11.3. The zero-order valence-corrected chi connectivity index (χ0v) is 20.5. The van der Waals surface area contributed by atoms with E-state index in [4.69, 9.17) is 37.4 Å². The van der Waals surface area contributed by atoms with E-state index in [2.05, 4.69) is 5.32 Å². The van der Waals surface area contributed by atoms with E-state index >= 15 is 0 Å². The van der Waals surface area contributed by atoms with Gasteiger partial charge in [0.1, 0.15) is 5.57 Å². The molecule has 0 bridgehead atoms. The molecule has 4 amide bonds. The summed E-state index contributed by atoms with van der Waals surface area (Å²) < 4.78 is 16.5. The van der Waals surface area contributed by atoms with Gasteiger partial charge in [0.05, 0.1) is 36.9 Å². The van der Waals surface area contributed by atoms with Gasteiger partial charge in [-0.3, -0.25) is 19.8 Å². The van der Waals surface area contributed by atoms with E-state index < -0.39 is 17.8 Å². The van der Waals surface area contributed by atoms with E-state index in [-0.39, 0.29) is 27.9 Å². The van der Waals surface area contributed by atoms with Gasteiger partial charge in [0.15, 0.2) is 17.2 Å². The molecule has 1 saturated heterocycles. The number of ether oxygens (including phenoxy) is 3. The van der Waals surface area contributed by atoms with Crippen molar-refractivity contribution in [3.63, 3.8) is 0 Å². The highest BCUT2D eigenvalue weighted by Crippen LogP contribution is 2.35. The van der Waals surface area contributed by atoms with E-state index in [9.17, 15) is 14.4 Å². The Morgan fingerprint density at radius 2 is 1.71 bits per heavy atom. The Labute approximate surface area is 207 Å². The maximum absolute atomic E-state index is 13.1. The van der Waals surface area contributed by atoms with Crippen LogP contribution in [0.1, 0.15) is 31.4 Å². The van der Waals surface area contributed by atoms with Crippen molar-refractivity contribution in [3.05, 3.63) is 57.1 Å². The molecule has 0 unspecified atom stereocenters. The molecular formula is C24H24Cl2N2O6. The predicted octanol–water partition coefficient (Wildman–Crippen LogP) is 4.85. The van der Waals surface area contributed by atoms with Gasteiger partial charge < -0.3 is 14.2 Å². The first-order chi connectivity index (χ1) is 16.3. The molecule has 1 N–H and O–H groups in total. The average molecular weight is 507 g/mol. The second kappa shape index (κ2) is 11.3. The lowest BCUT2D eigenvalue weighted by Gasteiger charge is -2.26. The summed E-state index contributed by atoms with van der Waals surface area (Å²) in [6, 6.07) is 7.36. The van der Waals surface area contributed by atoms with Crippen LogP contribution in [-0.4, -0.2) is 43.1 Å². The molecular weight excluding hydrogens is 483 g/mol. The number of halogens is 2. The van der Waals surface area contributed by atoms with Crippen molar-refractivity contribution in [1.29, 1.82) is 0 Å². The quantitative estimate of drug-likeness (QED) is 0.385. The second-order valence-corrected chi connectivity index (χ2v) is 8.10. The number of urea groups is 1. The summed E-state index contributed by atoms with van der Waals surface area (Å²) in [6.07, 6.45) is 2.16. The molecule has 3 rings (SSSR count). The van der Waals surface area contributed by atoms with Crippen molar-refractivity contribution in [2.75, 3.05) is 20.3 Å².